The minimum absolute atomic E-state index is 0.146. The average molecular weight is 428 g/mol. The molecule has 30 heavy (non-hydrogen) atoms. The highest BCUT2D eigenvalue weighted by Crippen LogP contribution is 2.25. The number of carbonyl (C=O) groups excluding carboxylic acids is 1. The lowest BCUT2D eigenvalue weighted by molar-refractivity contribution is 0.0938. The first-order valence-corrected chi connectivity index (χ1v) is 12.2. The van der Waals surface area contributed by atoms with E-state index in [9.17, 15) is 13.2 Å². The Morgan fingerprint density at radius 3 is 2.10 bits per heavy atom. The Balaban J connectivity index is 1.42. The molecule has 1 atom stereocenters. The van der Waals surface area contributed by atoms with Gasteiger partial charge in [0.25, 0.3) is 5.91 Å². The number of nitrogens with one attached hydrogen (secondary N) is 1. The fourth-order valence-electron chi connectivity index (χ4n) is 4.33. The number of hydrogen-bond acceptors (Lipinski definition) is 4. The van der Waals surface area contributed by atoms with Gasteiger partial charge in [-0.2, -0.15) is 4.31 Å². The van der Waals surface area contributed by atoms with E-state index in [4.69, 9.17) is 0 Å². The Morgan fingerprint density at radius 2 is 1.47 bits per heavy atom. The molecule has 2 saturated heterocycles. The molecule has 2 aliphatic rings. The molecule has 160 valence electrons. The third kappa shape index (κ3) is 4.58. The molecule has 2 fully saturated rings. The highest BCUT2D eigenvalue weighted by Gasteiger charge is 2.27. The molecule has 2 aromatic rings. The van der Waals surface area contributed by atoms with Crippen molar-refractivity contribution in [3.05, 3.63) is 65.7 Å². The summed E-state index contributed by atoms with van der Waals surface area (Å²) in [5.74, 6) is -0.180. The van der Waals surface area contributed by atoms with Gasteiger partial charge in [-0.25, -0.2) is 8.42 Å². The highest BCUT2D eigenvalue weighted by molar-refractivity contribution is 7.89. The summed E-state index contributed by atoms with van der Waals surface area (Å²) in [6.45, 7) is 3.75. The topological polar surface area (TPSA) is 69.7 Å². The molecule has 0 unspecified atom stereocenters. The maximum absolute atomic E-state index is 12.7. The zero-order chi connectivity index (χ0) is 21.0. The number of hydrogen-bond donors (Lipinski definition) is 1. The minimum Gasteiger partial charge on any atom is -0.350 e. The molecule has 0 aliphatic carbocycles. The lowest BCUT2D eigenvalue weighted by atomic mass is 10.1. The van der Waals surface area contributed by atoms with Crippen LogP contribution in [0.2, 0.25) is 0 Å². The molecule has 0 saturated carbocycles. The van der Waals surface area contributed by atoms with Crippen LogP contribution in [0, 0.1) is 0 Å². The van der Waals surface area contributed by atoms with E-state index >= 15 is 0 Å². The molecular weight excluding hydrogens is 398 g/mol. The molecule has 6 nitrogen and oxygen atoms in total. The minimum atomic E-state index is -3.46. The van der Waals surface area contributed by atoms with Gasteiger partial charge in [-0.15, -0.1) is 0 Å². The molecule has 7 heteroatoms. The van der Waals surface area contributed by atoms with Crippen molar-refractivity contribution in [2.75, 3.05) is 32.7 Å². The number of likely N-dealkylation sites (tertiary alicyclic amines) is 1. The summed E-state index contributed by atoms with van der Waals surface area (Å²) in [7, 11) is -3.46. The first kappa shape index (κ1) is 21.0. The molecule has 0 aromatic heterocycles. The van der Waals surface area contributed by atoms with Crippen molar-refractivity contribution < 1.29 is 13.2 Å². The van der Waals surface area contributed by atoms with E-state index in [1.807, 2.05) is 18.2 Å². The summed E-state index contributed by atoms with van der Waals surface area (Å²) in [4.78, 5) is 15.4. The SMILES string of the molecule is O=C(NC[C@@H](c1ccccc1)N1CCCC1)c1ccc(S(=O)(=O)N2CCCC2)cc1. The van der Waals surface area contributed by atoms with E-state index in [-0.39, 0.29) is 16.8 Å². The second kappa shape index (κ2) is 9.29. The van der Waals surface area contributed by atoms with Crippen LogP contribution in [-0.2, 0) is 10.0 Å². The Kier molecular flexibility index (Phi) is 6.51. The summed E-state index contributed by atoms with van der Waals surface area (Å²) in [6, 6.07) is 16.7. The second-order valence-electron chi connectivity index (χ2n) is 8.02. The molecular formula is C23H29N3O3S. The fourth-order valence-corrected chi connectivity index (χ4v) is 5.85. The van der Waals surface area contributed by atoms with Crippen LogP contribution in [0.3, 0.4) is 0 Å². The van der Waals surface area contributed by atoms with Crippen molar-refractivity contribution >= 4 is 15.9 Å². The van der Waals surface area contributed by atoms with E-state index in [0.717, 1.165) is 25.9 Å². The molecule has 2 heterocycles. The van der Waals surface area contributed by atoms with Crippen LogP contribution in [0.25, 0.3) is 0 Å². The van der Waals surface area contributed by atoms with E-state index in [2.05, 4.69) is 22.3 Å². The highest BCUT2D eigenvalue weighted by atomic mass is 32.2. The first-order valence-electron chi connectivity index (χ1n) is 10.7. The van der Waals surface area contributed by atoms with Crippen LogP contribution in [0.4, 0.5) is 0 Å². The van der Waals surface area contributed by atoms with Crippen molar-refractivity contribution in [3.63, 3.8) is 0 Å². The van der Waals surface area contributed by atoms with Gasteiger partial charge in [0, 0.05) is 25.2 Å². The molecule has 2 aromatic carbocycles. The van der Waals surface area contributed by atoms with Gasteiger partial charge in [-0.05, 0) is 68.6 Å². The van der Waals surface area contributed by atoms with E-state index in [1.54, 1.807) is 12.1 Å². The predicted molar refractivity (Wildman–Crippen MR) is 117 cm³/mol. The Morgan fingerprint density at radius 1 is 0.867 bits per heavy atom. The standard InChI is InChI=1S/C23H29N3O3S/c27-23(20-10-12-21(13-11-20)30(28,29)26-16-6-7-17-26)24-18-22(25-14-4-5-15-25)19-8-2-1-3-9-19/h1-3,8-13,22H,4-7,14-18H2,(H,24,27)/t22-/m0/s1. The summed E-state index contributed by atoms with van der Waals surface area (Å²) < 4.78 is 26.8. The van der Waals surface area contributed by atoms with Gasteiger partial charge in [-0.1, -0.05) is 30.3 Å². The molecule has 2 aliphatic heterocycles. The quantitative estimate of drug-likeness (QED) is 0.737. The second-order valence-corrected chi connectivity index (χ2v) is 9.95. The lowest BCUT2D eigenvalue weighted by Crippen LogP contribution is -2.36. The van der Waals surface area contributed by atoms with Gasteiger partial charge in [-0.3, -0.25) is 9.69 Å². The number of sulfonamides is 1. The van der Waals surface area contributed by atoms with Gasteiger partial charge >= 0.3 is 0 Å². The molecule has 1 amide bonds. The largest absolute Gasteiger partial charge is 0.350 e. The summed E-state index contributed by atoms with van der Waals surface area (Å²) in [5, 5.41) is 3.05. The number of amides is 1. The number of benzene rings is 2. The van der Waals surface area contributed by atoms with Gasteiger partial charge < -0.3 is 5.32 Å². The molecule has 0 spiro atoms. The molecule has 4 rings (SSSR count). The van der Waals surface area contributed by atoms with E-state index < -0.39 is 10.0 Å². The van der Waals surface area contributed by atoms with Crippen LogP contribution in [-0.4, -0.2) is 56.3 Å². The molecule has 1 N–H and O–H groups in total. The van der Waals surface area contributed by atoms with Gasteiger partial charge in [0.15, 0.2) is 0 Å². The number of rotatable bonds is 7. The van der Waals surface area contributed by atoms with E-state index in [1.165, 1.54) is 34.8 Å². The molecule has 0 radical (unpaired) electrons. The van der Waals surface area contributed by atoms with Crippen molar-refractivity contribution in [1.29, 1.82) is 0 Å². The summed E-state index contributed by atoms with van der Waals surface area (Å²) in [6.07, 6.45) is 4.17. The normalized spacial score (nSPS) is 19.1. The van der Waals surface area contributed by atoms with Crippen molar-refractivity contribution in [1.82, 2.24) is 14.5 Å². The maximum Gasteiger partial charge on any atom is 0.251 e. The summed E-state index contributed by atoms with van der Waals surface area (Å²) >= 11 is 0. The predicted octanol–water partition coefficient (Wildman–Crippen LogP) is 3.04. The monoisotopic (exact) mass is 427 g/mol. The summed E-state index contributed by atoms with van der Waals surface area (Å²) in [5.41, 5.74) is 1.68. The Bertz CT molecular complexity index is 949. The third-order valence-electron chi connectivity index (χ3n) is 6.04. The Hall–Kier alpha value is -2.22. The van der Waals surface area contributed by atoms with E-state index in [0.29, 0.717) is 25.2 Å². The van der Waals surface area contributed by atoms with Crippen molar-refractivity contribution in [2.24, 2.45) is 0 Å². The zero-order valence-electron chi connectivity index (χ0n) is 17.2. The first-order chi connectivity index (χ1) is 14.6. The number of carbonyl (C=O) groups is 1. The van der Waals surface area contributed by atoms with Crippen LogP contribution in [0.1, 0.15) is 47.6 Å². The van der Waals surface area contributed by atoms with Gasteiger partial charge in [0.1, 0.15) is 0 Å². The smallest absolute Gasteiger partial charge is 0.251 e. The average Bonchev–Trinajstić information content (AvgIpc) is 3.49. The maximum atomic E-state index is 12.7. The van der Waals surface area contributed by atoms with Crippen LogP contribution in [0.5, 0.6) is 0 Å². The van der Waals surface area contributed by atoms with Crippen LogP contribution < -0.4 is 5.32 Å². The number of nitrogens with zero attached hydrogens (tertiary/aromatic N) is 2. The zero-order valence-corrected chi connectivity index (χ0v) is 18.0. The van der Waals surface area contributed by atoms with Crippen LogP contribution >= 0.6 is 0 Å². The van der Waals surface area contributed by atoms with Gasteiger partial charge in [0.05, 0.1) is 10.9 Å². The van der Waals surface area contributed by atoms with Crippen LogP contribution in [0.15, 0.2) is 59.5 Å². The molecule has 0 bridgehead atoms. The third-order valence-corrected chi connectivity index (χ3v) is 7.95. The lowest BCUT2D eigenvalue weighted by Gasteiger charge is -2.28. The van der Waals surface area contributed by atoms with Crippen molar-refractivity contribution in [3.8, 4) is 0 Å². The Labute approximate surface area is 178 Å². The van der Waals surface area contributed by atoms with Crippen molar-refractivity contribution in [2.45, 2.75) is 36.6 Å². The van der Waals surface area contributed by atoms with Gasteiger partial charge in [0.2, 0.25) is 10.0 Å². The fraction of sp³-hybridized carbons (Fsp3) is 0.435.